The molecule has 1 aliphatic heterocycles. The molecule has 150 valence electrons. The fourth-order valence-corrected chi connectivity index (χ4v) is 3.76. The predicted octanol–water partition coefficient (Wildman–Crippen LogP) is 3.72. The number of para-hydroxylation sites is 3. The van der Waals surface area contributed by atoms with E-state index in [1.807, 2.05) is 61.5 Å². The Kier molecular flexibility index (Phi) is 6.76. The summed E-state index contributed by atoms with van der Waals surface area (Å²) in [5.74, 6) is 0.861. The van der Waals surface area contributed by atoms with Gasteiger partial charge in [-0.1, -0.05) is 30.3 Å². The van der Waals surface area contributed by atoms with Gasteiger partial charge in [0.25, 0.3) is 0 Å². The fourth-order valence-electron chi connectivity index (χ4n) is 3.76. The normalized spacial score (nSPS) is 15.1. The van der Waals surface area contributed by atoms with Gasteiger partial charge in [-0.15, -0.1) is 0 Å². The van der Waals surface area contributed by atoms with Gasteiger partial charge in [-0.3, -0.25) is 4.90 Å². The summed E-state index contributed by atoms with van der Waals surface area (Å²) in [6.07, 6.45) is 2.38. The van der Waals surface area contributed by atoms with Gasteiger partial charge in [0.2, 0.25) is 0 Å². The first kappa shape index (κ1) is 20.0. The highest BCUT2D eigenvalue weighted by Gasteiger charge is 2.26. The molecule has 3 rings (SSSR count). The van der Waals surface area contributed by atoms with Crippen molar-refractivity contribution in [3.63, 3.8) is 0 Å². The molecule has 0 spiro atoms. The average Bonchev–Trinajstić information content (AvgIpc) is 3.23. The number of likely N-dealkylation sites (tertiary alicyclic amines) is 1. The highest BCUT2D eigenvalue weighted by Crippen LogP contribution is 2.31. The van der Waals surface area contributed by atoms with Crippen LogP contribution in [0.25, 0.3) is 0 Å². The largest absolute Gasteiger partial charge is 0.496 e. The molecular weight excluding hydrogens is 352 g/mol. The van der Waals surface area contributed by atoms with Gasteiger partial charge in [-0.05, 0) is 44.1 Å². The van der Waals surface area contributed by atoms with Crippen molar-refractivity contribution >= 4 is 17.4 Å². The zero-order chi connectivity index (χ0) is 19.9. The molecule has 1 unspecified atom stereocenters. The third-order valence-electron chi connectivity index (χ3n) is 5.17. The minimum atomic E-state index is -0.201. The van der Waals surface area contributed by atoms with E-state index in [4.69, 9.17) is 4.74 Å². The lowest BCUT2D eigenvalue weighted by atomic mass is 10.0. The maximum atomic E-state index is 12.6. The smallest absolute Gasteiger partial charge is 0.319 e. The van der Waals surface area contributed by atoms with Crippen LogP contribution in [0.2, 0.25) is 0 Å². The molecule has 2 N–H and O–H groups in total. The molecule has 0 radical (unpaired) electrons. The van der Waals surface area contributed by atoms with Crippen molar-refractivity contribution in [2.45, 2.75) is 18.9 Å². The van der Waals surface area contributed by atoms with Crippen molar-refractivity contribution in [2.24, 2.45) is 0 Å². The van der Waals surface area contributed by atoms with Crippen LogP contribution in [-0.2, 0) is 0 Å². The topological polar surface area (TPSA) is 56.8 Å². The Bertz CT molecular complexity index is 788. The average molecular weight is 383 g/mol. The number of benzene rings is 2. The van der Waals surface area contributed by atoms with Crippen molar-refractivity contribution in [2.75, 3.05) is 51.1 Å². The minimum absolute atomic E-state index is 0.0912. The number of carbonyl (C=O) groups excluding carboxylic acids is 1. The molecule has 2 amide bonds. The summed E-state index contributed by atoms with van der Waals surface area (Å²) in [5.41, 5.74) is 2.87. The molecule has 1 heterocycles. The number of ether oxygens (including phenoxy) is 1. The summed E-state index contributed by atoms with van der Waals surface area (Å²) in [4.78, 5) is 17.0. The first-order chi connectivity index (χ1) is 13.6. The van der Waals surface area contributed by atoms with Crippen LogP contribution in [0, 0.1) is 0 Å². The van der Waals surface area contributed by atoms with E-state index in [1.54, 1.807) is 7.11 Å². The number of anilines is 2. The quantitative estimate of drug-likeness (QED) is 0.766. The van der Waals surface area contributed by atoms with E-state index < -0.39 is 0 Å². The molecule has 2 aromatic rings. The van der Waals surface area contributed by atoms with Gasteiger partial charge in [0.1, 0.15) is 5.75 Å². The summed E-state index contributed by atoms with van der Waals surface area (Å²) < 4.78 is 5.57. The van der Waals surface area contributed by atoms with E-state index >= 15 is 0 Å². The van der Waals surface area contributed by atoms with Crippen LogP contribution in [0.5, 0.6) is 5.75 Å². The molecule has 0 aliphatic carbocycles. The van der Waals surface area contributed by atoms with Crippen molar-refractivity contribution in [3.8, 4) is 5.75 Å². The number of carbonyl (C=O) groups is 1. The summed E-state index contributed by atoms with van der Waals surface area (Å²) in [7, 11) is 5.62. The van der Waals surface area contributed by atoms with Crippen molar-refractivity contribution in [3.05, 3.63) is 54.1 Å². The predicted molar refractivity (Wildman–Crippen MR) is 114 cm³/mol. The SMILES string of the molecule is COc1ccccc1C(CNC(=O)Nc1ccccc1N(C)C)N1CCCC1. The van der Waals surface area contributed by atoms with Gasteiger partial charge in [-0.25, -0.2) is 4.79 Å². The zero-order valence-electron chi connectivity index (χ0n) is 16.9. The fraction of sp³-hybridized carbons (Fsp3) is 0.409. The third-order valence-corrected chi connectivity index (χ3v) is 5.17. The van der Waals surface area contributed by atoms with Crippen LogP contribution in [0.4, 0.5) is 16.2 Å². The molecule has 1 aliphatic rings. The van der Waals surface area contributed by atoms with Gasteiger partial charge in [0.15, 0.2) is 0 Å². The number of rotatable bonds is 7. The van der Waals surface area contributed by atoms with Crippen molar-refractivity contribution in [1.29, 1.82) is 0 Å². The lowest BCUT2D eigenvalue weighted by Crippen LogP contribution is -2.39. The Morgan fingerprint density at radius 2 is 1.79 bits per heavy atom. The summed E-state index contributed by atoms with van der Waals surface area (Å²) in [5, 5.41) is 6.03. The third kappa shape index (κ3) is 4.75. The van der Waals surface area contributed by atoms with Gasteiger partial charge in [0.05, 0.1) is 24.5 Å². The molecule has 1 fully saturated rings. The van der Waals surface area contributed by atoms with E-state index in [2.05, 4.69) is 21.6 Å². The molecule has 0 bridgehead atoms. The standard InChI is InChI=1S/C22H30N4O2/c1-25(2)19-12-6-5-11-18(19)24-22(27)23-16-20(26-14-8-9-15-26)17-10-4-7-13-21(17)28-3/h4-7,10-13,20H,8-9,14-16H2,1-3H3,(H2,23,24,27). The van der Waals surface area contributed by atoms with Crippen LogP contribution in [-0.4, -0.2) is 51.8 Å². The Hall–Kier alpha value is -2.73. The number of hydrogen-bond donors (Lipinski definition) is 2. The molecule has 28 heavy (non-hydrogen) atoms. The van der Waals surface area contributed by atoms with Crippen LogP contribution < -0.4 is 20.3 Å². The monoisotopic (exact) mass is 382 g/mol. The van der Waals surface area contributed by atoms with Gasteiger partial charge < -0.3 is 20.3 Å². The van der Waals surface area contributed by atoms with E-state index in [9.17, 15) is 4.79 Å². The molecule has 6 nitrogen and oxygen atoms in total. The number of urea groups is 1. The lowest BCUT2D eigenvalue weighted by Gasteiger charge is -2.29. The first-order valence-corrected chi connectivity index (χ1v) is 9.78. The van der Waals surface area contributed by atoms with Gasteiger partial charge >= 0.3 is 6.03 Å². The molecular formula is C22H30N4O2. The molecule has 0 saturated carbocycles. The molecule has 0 aromatic heterocycles. The highest BCUT2D eigenvalue weighted by molar-refractivity contribution is 5.93. The maximum absolute atomic E-state index is 12.6. The second kappa shape index (κ2) is 9.46. The van der Waals surface area contributed by atoms with Crippen molar-refractivity contribution < 1.29 is 9.53 Å². The molecule has 1 saturated heterocycles. The Morgan fingerprint density at radius 3 is 2.50 bits per heavy atom. The van der Waals surface area contributed by atoms with Gasteiger partial charge in [-0.2, -0.15) is 0 Å². The summed E-state index contributed by atoms with van der Waals surface area (Å²) in [6, 6.07) is 15.7. The number of nitrogens with one attached hydrogen (secondary N) is 2. The Labute approximate surface area is 167 Å². The summed E-state index contributed by atoms with van der Waals surface area (Å²) >= 11 is 0. The second-order valence-electron chi connectivity index (χ2n) is 7.25. The maximum Gasteiger partial charge on any atom is 0.319 e. The second-order valence-corrected chi connectivity index (χ2v) is 7.25. The van der Waals surface area contributed by atoms with Crippen LogP contribution in [0.15, 0.2) is 48.5 Å². The van der Waals surface area contributed by atoms with Gasteiger partial charge in [0, 0.05) is 26.2 Å². The van der Waals surface area contributed by atoms with E-state index in [0.29, 0.717) is 6.54 Å². The molecule has 6 heteroatoms. The van der Waals surface area contributed by atoms with E-state index in [1.165, 1.54) is 12.8 Å². The lowest BCUT2D eigenvalue weighted by molar-refractivity contribution is 0.224. The number of hydrogen-bond acceptors (Lipinski definition) is 4. The zero-order valence-corrected chi connectivity index (χ0v) is 16.9. The number of methoxy groups -OCH3 is 1. The van der Waals surface area contributed by atoms with Crippen molar-refractivity contribution in [1.82, 2.24) is 10.2 Å². The number of amides is 2. The first-order valence-electron chi connectivity index (χ1n) is 9.78. The molecule has 2 aromatic carbocycles. The minimum Gasteiger partial charge on any atom is -0.496 e. The summed E-state index contributed by atoms with van der Waals surface area (Å²) in [6.45, 7) is 2.60. The van der Waals surface area contributed by atoms with E-state index in [-0.39, 0.29) is 12.1 Å². The Morgan fingerprint density at radius 1 is 1.11 bits per heavy atom. The Balaban J connectivity index is 1.71. The number of nitrogens with zero attached hydrogens (tertiary/aromatic N) is 2. The highest BCUT2D eigenvalue weighted by atomic mass is 16.5. The van der Waals surface area contributed by atoms with E-state index in [0.717, 1.165) is 35.8 Å². The molecule has 1 atom stereocenters. The van der Waals surface area contributed by atoms with Crippen LogP contribution in [0.3, 0.4) is 0 Å². The van der Waals surface area contributed by atoms with Crippen LogP contribution >= 0.6 is 0 Å². The van der Waals surface area contributed by atoms with Crippen LogP contribution in [0.1, 0.15) is 24.4 Å².